The van der Waals surface area contributed by atoms with Crippen LogP contribution in [0, 0.1) is 10.6 Å². The van der Waals surface area contributed by atoms with Crippen LogP contribution in [0.5, 0.6) is 0 Å². The molecule has 0 spiro atoms. The second kappa shape index (κ2) is 6.74. The zero-order valence-corrected chi connectivity index (χ0v) is 14.6. The smallest absolute Gasteiger partial charge is 0.202 e. The van der Waals surface area contributed by atoms with Crippen LogP contribution in [0.4, 0.5) is 4.39 Å². The Kier molecular flexibility index (Phi) is 4.70. The van der Waals surface area contributed by atoms with Crippen LogP contribution in [-0.2, 0) is 20.3 Å². The van der Waals surface area contributed by atoms with Gasteiger partial charge in [0.15, 0.2) is 12.5 Å². The van der Waals surface area contributed by atoms with E-state index in [2.05, 4.69) is 29.0 Å². The summed E-state index contributed by atoms with van der Waals surface area (Å²) in [6, 6.07) is 8.75. The molecule has 2 aromatic heterocycles. The highest BCUT2D eigenvalue weighted by molar-refractivity contribution is 7.71. The summed E-state index contributed by atoms with van der Waals surface area (Å²) in [5.41, 5.74) is 1.76. The van der Waals surface area contributed by atoms with Crippen molar-refractivity contribution in [1.82, 2.24) is 14.3 Å². The lowest BCUT2D eigenvalue weighted by molar-refractivity contribution is -0.917. The predicted octanol–water partition coefficient (Wildman–Crippen LogP) is 2.49. The normalized spacial score (nSPS) is 12.5. The summed E-state index contributed by atoms with van der Waals surface area (Å²) in [4.78, 5) is 1.26. The van der Waals surface area contributed by atoms with Gasteiger partial charge in [0.1, 0.15) is 12.4 Å². The van der Waals surface area contributed by atoms with Crippen LogP contribution in [0.3, 0.4) is 0 Å². The molecule has 0 fully saturated rings. The zero-order chi connectivity index (χ0) is 16.4. The van der Waals surface area contributed by atoms with Crippen LogP contribution >= 0.6 is 23.6 Å². The van der Waals surface area contributed by atoms with Crippen LogP contribution < -0.4 is 4.90 Å². The molecule has 0 amide bonds. The Bertz CT molecular complexity index is 851. The average Bonchev–Trinajstić information content (AvgIpc) is 3.12. The molecule has 1 unspecified atom stereocenters. The van der Waals surface area contributed by atoms with Crippen LogP contribution in [0.1, 0.15) is 5.56 Å². The molecule has 0 aliphatic rings. The third-order valence-electron chi connectivity index (χ3n) is 3.66. The number of nitrogens with one attached hydrogen (secondary N) is 1. The van der Waals surface area contributed by atoms with Crippen molar-refractivity contribution in [2.45, 2.75) is 13.2 Å². The molecule has 3 aromatic rings. The van der Waals surface area contributed by atoms with Gasteiger partial charge in [0, 0.05) is 12.6 Å². The van der Waals surface area contributed by atoms with E-state index in [0.717, 1.165) is 6.54 Å². The lowest BCUT2D eigenvalue weighted by Gasteiger charge is -2.12. The quantitative estimate of drug-likeness (QED) is 0.717. The van der Waals surface area contributed by atoms with Crippen LogP contribution in [-0.4, -0.2) is 21.4 Å². The van der Waals surface area contributed by atoms with Gasteiger partial charge in [-0.05, 0) is 41.2 Å². The molecule has 1 aromatic carbocycles. The monoisotopic (exact) mass is 349 g/mol. The fraction of sp³-hybridized carbons (Fsp3) is 0.250. The van der Waals surface area contributed by atoms with Crippen molar-refractivity contribution in [3.05, 3.63) is 57.2 Å². The molecule has 3 rings (SSSR count). The summed E-state index contributed by atoms with van der Waals surface area (Å²) >= 11 is 7.15. The molecule has 0 aliphatic carbocycles. The number of benzene rings is 1. The Morgan fingerprint density at radius 3 is 2.78 bits per heavy atom. The largest absolute Gasteiger partial charge is 0.315 e. The number of halogens is 1. The highest BCUT2D eigenvalue weighted by Gasteiger charge is 2.15. The number of nitrogens with zero attached hydrogens (tertiary/aromatic N) is 3. The highest BCUT2D eigenvalue weighted by atomic mass is 32.1. The van der Waals surface area contributed by atoms with E-state index in [-0.39, 0.29) is 5.82 Å². The molecular formula is C16H18FN4S2+. The van der Waals surface area contributed by atoms with Crippen molar-refractivity contribution in [3.8, 4) is 11.4 Å². The molecule has 1 atom stereocenters. The Morgan fingerprint density at radius 2 is 2.09 bits per heavy atom. The first-order chi connectivity index (χ1) is 11.1. The third-order valence-corrected chi connectivity index (χ3v) is 4.88. The first kappa shape index (κ1) is 16.0. The summed E-state index contributed by atoms with van der Waals surface area (Å²) in [7, 11) is 3.92. The SMILES string of the molecule is Cn1c(-c2ccccc2F)nn(C[NH+](C)Cc2ccsc2)c1=S. The van der Waals surface area contributed by atoms with E-state index in [1.807, 2.05) is 7.05 Å². The maximum Gasteiger partial charge on any atom is 0.202 e. The first-order valence-corrected chi connectivity index (χ1v) is 8.62. The second-order valence-corrected chi connectivity index (χ2v) is 6.71. The minimum absolute atomic E-state index is 0.290. The van der Waals surface area contributed by atoms with Gasteiger partial charge in [0.05, 0.1) is 12.6 Å². The van der Waals surface area contributed by atoms with E-state index in [9.17, 15) is 4.39 Å². The number of aromatic nitrogens is 3. The van der Waals surface area contributed by atoms with E-state index >= 15 is 0 Å². The number of hydrogen-bond acceptors (Lipinski definition) is 3. The van der Waals surface area contributed by atoms with Gasteiger partial charge in [-0.25, -0.2) is 4.39 Å². The molecule has 4 nitrogen and oxygen atoms in total. The van der Waals surface area contributed by atoms with Gasteiger partial charge >= 0.3 is 0 Å². The summed E-state index contributed by atoms with van der Waals surface area (Å²) in [6.45, 7) is 1.54. The standard InChI is InChI=1S/C16H17FN4S2/c1-19(9-12-7-8-23-10-12)11-21-16(22)20(2)15(18-21)13-5-3-4-6-14(13)17/h3-8,10H,9,11H2,1-2H3/p+1. The van der Waals surface area contributed by atoms with Crippen molar-refractivity contribution < 1.29 is 9.29 Å². The molecule has 7 heteroatoms. The molecule has 0 aliphatic heterocycles. The fourth-order valence-corrected chi connectivity index (χ4v) is 3.38. The molecule has 2 heterocycles. The number of quaternary nitrogens is 1. The van der Waals surface area contributed by atoms with E-state index in [4.69, 9.17) is 12.2 Å². The molecule has 1 N–H and O–H groups in total. The fourth-order valence-electron chi connectivity index (χ4n) is 2.52. The summed E-state index contributed by atoms with van der Waals surface area (Å²) < 4.78 is 18.1. The minimum Gasteiger partial charge on any atom is -0.315 e. The summed E-state index contributed by atoms with van der Waals surface area (Å²) in [5, 5.41) is 8.75. The topological polar surface area (TPSA) is 27.2 Å². The van der Waals surface area contributed by atoms with E-state index in [1.54, 1.807) is 38.8 Å². The lowest BCUT2D eigenvalue weighted by Crippen LogP contribution is -3.06. The van der Waals surface area contributed by atoms with Crippen molar-refractivity contribution in [2.75, 3.05) is 7.05 Å². The third kappa shape index (κ3) is 3.41. The van der Waals surface area contributed by atoms with Gasteiger partial charge in [-0.1, -0.05) is 12.1 Å². The second-order valence-electron chi connectivity index (χ2n) is 5.57. The molecule has 0 saturated carbocycles. The molecular weight excluding hydrogens is 331 g/mol. The van der Waals surface area contributed by atoms with Crippen molar-refractivity contribution in [2.24, 2.45) is 7.05 Å². The van der Waals surface area contributed by atoms with Crippen molar-refractivity contribution in [1.29, 1.82) is 0 Å². The molecule has 23 heavy (non-hydrogen) atoms. The van der Waals surface area contributed by atoms with E-state index in [0.29, 0.717) is 22.8 Å². The zero-order valence-electron chi connectivity index (χ0n) is 13.0. The summed E-state index contributed by atoms with van der Waals surface area (Å²) in [5.74, 6) is 0.262. The Labute approximate surface area is 143 Å². The average molecular weight is 349 g/mol. The number of rotatable bonds is 5. The first-order valence-electron chi connectivity index (χ1n) is 7.27. The minimum atomic E-state index is -0.290. The lowest BCUT2D eigenvalue weighted by atomic mass is 10.2. The number of thiophene rings is 1. The molecule has 0 saturated heterocycles. The maximum atomic E-state index is 14.0. The van der Waals surface area contributed by atoms with Crippen LogP contribution in [0.2, 0.25) is 0 Å². The van der Waals surface area contributed by atoms with Crippen molar-refractivity contribution in [3.63, 3.8) is 0 Å². The Hall–Kier alpha value is -1.83. The predicted molar refractivity (Wildman–Crippen MR) is 92.3 cm³/mol. The van der Waals surface area contributed by atoms with Crippen LogP contribution in [0.25, 0.3) is 11.4 Å². The van der Waals surface area contributed by atoms with Crippen molar-refractivity contribution >= 4 is 23.6 Å². The Morgan fingerprint density at radius 1 is 1.30 bits per heavy atom. The molecule has 120 valence electrons. The van der Waals surface area contributed by atoms with Crippen LogP contribution in [0.15, 0.2) is 41.1 Å². The van der Waals surface area contributed by atoms with Gasteiger partial charge in [-0.15, -0.1) is 5.10 Å². The van der Waals surface area contributed by atoms with Gasteiger partial charge in [-0.3, -0.25) is 0 Å². The van der Waals surface area contributed by atoms with Gasteiger partial charge in [0.2, 0.25) is 4.77 Å². The molecule has 0 bridgehead atoms. The Balaban J connectivity index is 1.86. The van der Waals surface area contributed by atoms with E-state index in [1.165, 1.54) is 16.5 Å². The van der Waals surface area contributed by atoms with Gasteiger partial charge in [-0.2, -0.15) is 16.0 Å². The van der Waals surface area contributed by atoms with Gasteiger partial charge in [0.25, 0.3) is 0 Å². The molecule has 0 radical (unpaired) electrons. The maximum absolute atomic E-state index is 14.0. The summed E-state index contributed by atoms with van der Waals surface area (Å²) in [6.07, 6.45) is 0. The number of hydrogen-bond donors (Lipinski definition) is 1. The van der Waals surface area contributed by atoms with E-state index < -0.39 is 0 Å². The van der Waals surface area contributed by atoms with Gasteiger partial charge < -0.3 is 9.47 Å². The highest BCUT2D eigenvalue weighted by Crippen LogP contribution is 2.20.